The zero-order valence-electron chi connectivity index (χ0n) is 9.69. The van der Waals surface area contributed by atoms with Crippen LogP contribution in [0.4, 0.5) is 5.69 Å². The molecule has 1 aliphatic heterocycles. The molecular weight excluding hydrogens is 302 g/mol. The first kappa shape index (κ1) is 13.3. The van der Waals surface area contributed by atoms with Crippen LogP contribution in [0.5, 0.6) is 0 Å². The molecule has 18 heavy (non-hydrogen) atoms. The first-order valence-electron chi connectivity index (χ1n) is 5.63. The molecule has 0 spiro atoms. The van der Waals surface area contributed by atoms with Gasteiger partial charge in [0.15, 0.2) is 0 Å². The largest absolute Gasteiger partial charge is 0.478 e. The normalized spacial score (nSPS) is 19.5. The van der Waals surface area contributed by atoms with E-state index < -0.39 is 5.97 Å². The molecule has 1 aliphatic rings. The van der Waals surface area contributed by atoms with E-state index in [0.29, 0.717) is 32.1 Å². The summed E-state index contributed by atoms with van der Waals surface area (Å²) in [5, 5.41) is 12.2. The summed E-state index contributed by atoms with van der Waals surface area (Å²) in [7, 11) is 0. The summed E-state index contributed by atoms with van der Waals surface area (Å²) in [5.74, 6) is -0.953. The Morgan fingerprint density at radius 1 is 1.50 bits per heavy atom. The van der Waals surface area contributed by atoms with Crippen molar-refractivity contribution in [2.45, 2.75) is 6.10 Å². The smallest absolute Gasteiger partial charge is 0.337 e. The van der Waals surface area contributed by atoms with Crippen LogP contribution in [0.2, 0.25) is 0 Å². The number of anilines is 1. The Balaban J connectivity index is 2.03. The maximum Gasteiger partial charge on any atom is 0.337 e. The highest BCUT2D eigenvalue weighted by molar-refractivity contribution is 9.10. The third kappa shape index (κ3) is 3.44. The Kier molecular flexibility index (Phi) is 4.57. The molecule has 1 heterocycles. The van der Waals surface area contributed by atoms with E-state index in [2.05, 4.69) is 21.2 Å². The molecule has 2 rings (SSSR count). The molecule has 0 bridgehead atoms. The summed E-state index contributed by atoms with van der Waals surface area (Å²) in [4.78, 5) is 11.1. The molecule has 0 aliphatic carbocycles. The highest BCUT2D eigenvalue weighted by Crippen LogP contribution is 2.21. The van der Waals surface area contributed by atoms with Gasteiger partial charge in [0, 0.05) is 16.7 Å². The second-order valence-corrected chi connectivity index (χ2v) is 4.86. The summed E-state index contributed by atoms with van der Waals surface area (Å²) in [5.41, 5.74) is 0.820. The van der Waals surface area contributed by atoms with E-state index in [1.807, 2.05) is 0 Å². The van der Waals surface area contributed by atoms with Crippen LogP contribution >= 0.6 is 15.9 Å². The SMILES string of the molecule is O=C(O)c1ccc(Br)cc1NCC1COCCO1. The number of nitrogens with one attached hydrogen (secondary N) is 1. The fourth-order valence-electron chi connectivity index (χ4n) is 1.73. The van der Waals surface area contributed by atoms with Crippen LogP contribution < -0.4 is 5.32 Å². The lowest BCUT2D eigenvalue weighted by atomic mass is 10.1. The fourth-order valence-corrected chi connectivity index (χ4v) is 2.09. The average molecular weight is 316 g/mol. The van der Waals surface area contributed by atoms with Gasteiger partial charge in [-0.1, -0.05) is 15.9 Å². The van der Waals surface area contributed by atoms with Crippen LogP contribution in [0.1, 0.15) is 10.4 Å². The number of carboxylic acid groups (broad SMARTS) is 1. The Labute approximate surface area is 113 Å². The number of rotatable bonds is 4. The quantitative estimate of drug-likeness (QED) is 0.889. The lowest BCUT2D eigenvalue weighted by Gasteiger charge is -2.23. The van der Waals surface area contributed by atoms with E-state index in [0.717, 1.165) is 4.47 Å². The maximum absolute atomic E-state index is 11.1. The van der Waals surface area contributed by atoms with Gasteiger partial charge in [0.1, 0.15) is 0 Å². The van der Waals surface area contributed by atoms with Gasteiger partial charge in [0.2, 0.25) is 0 Å². The van der Waals surface area contributed by atoms with Gasteiger partial charge in [-0.2, -0.15) is 0 Å². The van der Waals surface area contributed by atoms with Crippen molar-refractivity contribution in [3.63, 3.8) is 0 Å². The third-order valence-corrected chi connectivity index (χ3v) is 3.11. The van der Waals surface area contributed by atoms with Crippen LogP contribution in [-0.4, -0.2) is 43.5 Å². The lowest BCUT2D eigenvalue weighted by Crippen LogP contribution is -2.34. The Hall–Kier alpha value is -1.11. The zero-order chi connectivity index (χ0) is 13.0. The van der Waals surface area contributed by atoms with Crippen molar-refractivity contribution >= 4 is 27.6 Å². The minimum absolute atomic E-state index is 0.0422. The van der Waals surface area contributed by atoms with E-state index >= 15 is 0 Å². The van der Waals surface area contributed by atoms with E-state index in [1.54, 1.807) is 18.2 Å². The zero-order valence-corrected chi connectivity index (χ0v) is 11.3. The summed E-state index contributed by atoms with van der Waals surface area (Å²) >= 11 is 3.32. The van der Waals surface area contributed by atoms with Gasteiger partial charge in [-0.25, -0.2) is 4.79 Å². The van der Waals surface area contributed by atoms with Crippen LogP contribution in [0, 0.1) is 0 Å². The van der Waals surface area contributed by atoms with Crippen LogP contribution in [0.15, 0.2) is 22.7 Å². The van der Waals surface area contributed by atoms with Gasteiger partial charge < -0.3 is 19.9 Å². The molecular formula is C12H14BrNO4. The van der Waals surface area contributed by atoms with Gasteiger partial charge in [0.25, 0.3) is 0 Å². The monoisotopic (exact) mass is 315 g/mol. The molecule has 0 aromatic heterocycles. The number of ether oxygens (including phenoxy) is 2. The van der Waals surface area contributed by atoms with E-state index in [1.165, 1.54) is 0 Å². The van der Waals surface area contributed by atoms with E-state index in [4.69, 9.17) is 14.6 Å². The second-order valence-electron chi connectivity index (χ2n) is 3.94. The first-order chi connectivity index (χ1) is 8.66. The summed E-state index contributed by atoms with van der Waals surface area (Å²) in [6.45, 7) is 2.25. The predicted octanol–water partition coefficient (Wildman–Crippen LogP) is 1.97. The van der Waals surface area contributed by atoms with Gasteiger partial charge in [-0.3, -0.25) is 0 Å². The minimum atomic E-state index is -0.953. The Bertz CT molecular complexity index is 432. The number of aromatic carboxylic acids is 1. The molecule has 1 unspecified atom stereocenters. The highest BCUT2D eigenvalue weighted by Gasteiger charge is 2.16. The Morgan fingerprint density at radius 3 is 3.00 bits per heavy atom. The van der Waals surface area contributed by atoms with Crippen LogP contribution in [-0.2, 0) is 9.47 Å². The molecule has 0 amide bonds. The van der Waals surface area contributed by atoms with Crippen molar-refractivity contribution in [1.82, 2.24) is 0 Å². The van der Waals surface area contributed by atoms with Gasteiger partial charge in [-0.05, 0) is 18.2 Å². The fraction of sp³-hybridized carbons (Fsp3) is 0.417. The molecule has 2 N–H and O–H groups in total. The molecule has 0 radical (unpaired) electrons. The standard InChI is InChI=1S/C12H14BrNO4/c13-8-1-2-10(12(15)16)11(5-8)14-6-9-7-17-3-4-18-9/h1-2,5,9,14H,3-4,6-7H2,(H,15,16). The number of benzene rings is 1. The molecule has 5 nitrogen and oxygen atoms in total. The van der Waals surface area contributed by atoms with Crippen molar-refractivity contribution in [1.29, 1.82) is 0 Å². The van der Waals surface area contributed by atoms with Crippen molar-refractivity contribution in [3.05, 3.63) is 28.2 Å². The minimum Gasteiger partial charge on any atom is -0.478 e. The second kappa shape index (κ2) is 6.17. The lowest BCUT2D eigenvalue weighted by molar-refractivity contribution is -0.0818. The number of halogens is 1. The topological polar surface area (TPSA) is 67.8 Å². The number of carboxylic acids is 1. The Morgan fingerprint density at radius 2 is 2.33 bits per heavy atom. The van der Waals surface area contributed by atoms with Crippen molar-refractivity contribution < 1.29 is 19.4 Å². The van der Waals surface area contributed by atoms with E-state index in [-0.39, 0.29) is 11.7 Å². The highest BCUT2D eigenvalue weighted by atomic mass is 79.9. The molecule has 1 aromatic carbocycles. The predicted molar refractivity (Wildman–Crippen MR) is 70.2 cm³/mol. The van der Waals surface area contributed by atoms with Crippen molar-refractivity contribution in [2.75, 3.05) is 31.7 Å². The molecule has 98 valence electrons. The molecule has 1 saturated heterocycles. The molecule has 1 fully saturated rings. The molecule has 6 heteroatoms. The third-order valence-electron chi connectivity index (χ3n) is 2.62. The van der Waals surface area contributed by atoms with Crippen molar-refractivity contribution in [2.24, 2.45) is 0 Å². The van der Waals surface area contributed by atoms with Gasteiger partial charge in [-0.15, -0.1) is 0 Å². The first-order valence-corrected chi connectivity index (χ1v) is 6.42. The average Bonchev–Trinajstić information content (AvgIpc) is 2.37. The van der Waals surface area contributed by atoms with E-state index in [9.17, 15) is 4.79 Å². The summed E-state index contributed by atoms with van der Waals surface area (Å²) in [6.07, 6.45) is -0.0422. The molecule has 0 saturated carbocycles. The maximum atomic E-state index is 11.1. The summed E-state index contributed by atoms with van der Waals surface area (Å²) in [6, 6.07) is 5.01. The summed E-state index contributed by atoms with van der Waals surface area (Å²) < 4.78 is 11.6. The number of hydrogen-bond acceptors (Lipinski definition) is 4. The van der Waals surface area contributed by atoms with Gasteiger partial charge >= 0.3 is 5.97 Å². The van der Waals surface area contributed by atoms with Crippen LogP contribution in [0.3, 0.4) is 0 Å². The van der Waals surface area contributed by atoms with Crippen molar-refractivity contribution in [3.8, 4) is 0 Å². The molecule has 1 aromatic rings. The van der Waals surface area contributed by atoms with Gasteiger partial charge in [0.05, 0.1) is 31.5 Å². The molecule has 1 atom stereocenters. The number of hydrogen-bond donors (Lipinski definition) is 2. The van der Waals surface area contributed by atoms with Crippen LogP contribution in [0.25, 0.3) is 0 Å². The number of carbonyl (C=O) groups is 1.